The van der Waals surface area contributed by atoms with Gasteiger partial charge in [-0.25, -0.2) is 21.9 Å². The number of carbonyl (C=O) groups is 1. The van der Waals surface area contributed by atoms with Crippen molar-refractivity contribution >= 4 is 26.9 Å². The highest BCUT2D eigenvalue weighted by atomic mass is 32.2. The predicted molar refractivity (Wildman–Crippen MR) is 106 cm³/mol. The second-order valence-electron chi connectivity index (χ2n) is 7.29. The molecule has 0 bridgehead atoms. The van der Waals surface area contributed by atoms with Crippen LogP contribution in [0.5, 0.6) is 0 Å². The molecule has 1 aliphatic heterocycles. The molecule has 1 fully saturated rings. The molecule has 4 rings (SSSR count). The summed E-state index contributed by atoms with van der Waals surface area (Å²) in [7, 11) is -4.30. The van der Waals surface area contributed by atoms with E-state index in [4.69, 9.17) is 4.42 Å². The number of furan rings is 1. The highest BCUT2D eigenvalue weighted by molar-refractivity contribution is 7.89. The highest BCUT2D eigenvalue weighted by Crippen LogP contribution is 2.24. The largest absolute Gasteiger partial charge is 0.451 e. The van der Waals surface area contributed by atoms with Gasteiger partial charge >= 0.3 is 0 Å². The molecule has 1 aromatic heterocycles. The van der Waals surface area contributed by atoms with Crippen LogP contribution in [0.4, 0.5) is 8.78 Å². The molecular weight excluding hydrogens is 414 g/mol. The maximum absolute atomic E-state index is 13.8. The zero-order valence-corrected chi connectivity index (χ0v) is 16.8. The Morgan fingerprint density at radius 2 is 1.73 bits per heavy atom. The zero-order chi connectivity index (χ0) is 21.3. The van der Waals surface area contributed by atoms with Crippen LogP contribution in [0.3, 0.4) is 0 Å². The number of nitrogens with one attached hydrogen (secondary N) is 1. The molecule has 30 heavy (non-hydrogen) atoms. The summed E-state index contributed by atoms with van der Waals surface area (Å²) in [4.78, 5) is 13.4. The van der Waals surface area contributed by atoms with Gasteiger partial charge in [0.1, 0.15) is 17.2 Å². The predicted octanol–water partition coefficient (Wildman–Crippen LogP) is 3.54. The number of hydrogen-bond acceptors (Lipinski definition) is 4. The van der Waals surface area contributed by atoms with Crippen molar-refractivity contribution in [3.63, 3.8) is 0 Å². The monoisotopic (exact) mass is 434 g/mol. The molecule has 1 N–H and O–H groups in total. The first-order valence-electron chi connectivity index (χ1n) is 9.56. The van der Waals surface area contributed by atoms with Gasteiger partial charge in [0.2, 0.25) is 10.0 Å². The van der Waals surface area contributed by atoms with E-state index in [0.29, 0.717) is 31.5 Å². The van der Waals surface area contributed by atoms with Crippen molar-refractivity contribution in [2.45, 2.75) is 17.7 Å². The lowest BCUT2D eigenvalue weighted by Crippen LogP contribution is -2.41. The third-order valence-corrected chi connectivity index (χ3v) is 6.76. The Kier molecular flexibility index (Phi) is 5.57. The van der Waals surface area contributed by atoms with Gasteiger partial charge in [0.25, 0.3) is 5.91 Å². The lowest BCUT2D eigenvalue weighted by molar-refractivity contribution is 0.0662. The van der Waals surface area contributed by atoms with Crippen LogP contribution in [-0.4, -0.2) is 38.9 Å². The van der Waals surface area contributed by atoms with E-state index in [-0.39, 0.29) is 24.1 Å². The first-order valence-corrected chi connectivity index (χ1v) is 11.0. The first-order chi connectivity index (χ1) is 14.3. The Hall–Kier alpha value is -2.78. The summed E-state index contributed by atoms with van der Waals surface area (Å²) in [6, 6.07) is 12.0. The zero-order valence-electron chi connectivity index (χ0n) is 16.0. The Bertz CT molecular complexity index is 1130. The minimum Gasteiger partial charge on any atom is -0.451 e. The number of nitrogens with zero attached hydrogens (tertiary/aromatic N) is 1. The number of likely N-dealkylation sites (tertiary alicyclic amines) is 1. The number of para-hydroxylation sites is 1. The van der Waals surface area contributed by atoms with Crippen molar-refractivity contribution in [2.24, 2.45) is 5.92 Å². The Morgan fingerprint density at radius 3 is 2.40 bits per heavy atom. The van der Waals surface area contributed by atoms with Crippen molar-refractivity contribution in [1.82, 2.24) is 9.62 Å². The molecule has 0 saturated carbocycles. The topological polar surface area (TPSA) is 79.6 Å². The number of piperidine rings is 1. The van der Waals surface area contributed by atoms with E-state index >= 15 is 0 Å². The molecule has 158 valence electrons. The Morgan fingerprint density at radius 1 is 1.07 bits per heavy atom. The van der Waals surface area contributed by atoms with Crippen LogP contribution in [0.1, 0.15) is 23.4 Å². The maximum atomic E-state index is 13.8. The molecule has 0 aliphatic carbocycles. The van der Waals surface area contributed by atoms with Crippen molar-refractivity contribution in [1.29, 1.82) is 0 Å². The van der Waals surface area contributed by atoms with Gasteiger partial charge < -0.3 is 9.32 Å². The van der Waals surface area contributed by atoms with E-state index in [9.17, 15) is 22.0 Å². The second kappa shape index (κ2) is 8.16. The summed E-state index contributed by atoms with van der Waals surface area (Å²) >= 11 is 0. The lowest BCUT2D eigenvalue weighted by atomic mass is 9.97. The van der Waals surface area contributed by atoms with E-state index in [1.807, 2.05) is 18.2 Å². The van der Waals surface area contributed by atoms with Crippen molar-refractivity contribution < 1.29 is 26.4 Å². The Labute approximate surface area is 172 Å². The smallest absolute Gasteiger partial charge is 0.289 e. The summed E-state index contributed by atoms with van der Waals surface area (Å²) in [6.07, 6.45) is 1.13. The molecule has 1 amide bonds. The third-order valence-electron chi connectivity index (χ3n) is 5.29. The standard InChI is InChI=1S/C21H20F2N2O4S/c22-16-5-3-6-17(23)20(16)30(27,28)24-13-14-8-10-25(11-9-14)21(26)19-12-15-4-1-2-7-18(15)29-19/h1-7,12,14,24H,8-11,13H2. The van der Waals surface area contributed by atoms with Gasteiger partial charge in [-0.3, -0.25) is 4.79 Å². The third kappa shape index (κ3) is 4.08. The fourth-order valence-electron chi connectivity index (χ4n) is 3.62. The van der Waals surface area contributed by atoms with Crippen LogP contribution in [0.2, 0.25) is 0 Å². The fourth-order valence-corrected chi connectivity index (χ4v) is 4.87. The average Bonchev–Trinajstić information content (AvgIpc) is 3.16. The van der Waals surface area contributed by atoms with Gasteiger partial charge in [0.15, 0.2) is 10.7 Å². The molecule has 3 aromatic rings. The van der Waals surface area contributed by atoms with Crippen molar-refractivity contribution in [3.05, 3.63) is 65.9 Å². The number of halogens is 2. The molecule has 9 heteroatoms. The van der Waals surface area contributed by atoms with Crippen LogP contribution >= 0.6 is 0 Å². The number of carbonyl (C=O) groups excluding carboxylic acids is 1. The van der Waals surface area contributed by atoms with E-state index in [2.05, 4.69) is 4.72 Å². The number of rotatable bonds is 5. The van der Waals surface area contributed by atoms with Gasteiger partial charge in [0.05, 0.1) is 0 Å². The maximum Gasteiger partial charge on any atom is 0.289 e. The van der Waals surface area contributed by atoms with E-state index in [1.165, 1.54) is 0 Å². The normalized spacial score (nSPS) is 15.6. The molecule has 2 aromatic carbocycles. The van der Waals surface area contributed by atoms with Gasteiger partial charge in [-0.2, -0.15) is 0 Å². The van der Waals surface area contributed by atoms with Crippen LogP contribution in [0.15, 0.2) is 57.8 Å². The minimum absolute atomic E-state index is 0.0444. The minimum atomic E-state index is -4.30. The van der Waals surface area contributed by atoms with Gasteiger partial charge in [-0.15, -0.1) is 0 Å². The summed E-state index contributed by atoms with van der Waals surface area (Å²) in [5, 5.41) is 0.852. The summed E-state index contributed by atoms with van der Waals surface area (Å²) in [5.41, 5.74) is 0.644. The summed E-state index contributed by atoms with van der Waals surface area (Å²) in [6.45, 7) is 0.926. The number of sulfonamides is 1. The lowest BCUT2D eigenvalue weighted by Gasteiger charge is -2.31. The molecule has 0 spiro atoms. The fraction of sp³-hybridized carbons (Fsp3) is 0.286. The summed E-state index contributed by atoms with van der Waals surface area (Å²) in [5.74, 6) is -2.25. The molecular formula is C21H20F2N2O4S. The number of fused-ring (bicyclic) bond motifs is 1. The van der Waals surface area contributed by atoms with Crippen LogP contribution in [0, 0.1) is 17.6 Å². The van der Waals surface area contributed by atoms with Gasteiger partial charge in [-0.1, -0.05) is 24.3 Å². The van der Waals surface area contributed by atoms with Gasteiger partial charge in [-0.05, 0) is 43.0 Å². The van der Waals surface area contributed by atoms with Crippen molar-refractivity contribution in [2.75, 3.05) is 19.6 Å². The molecule has 1 aliphatic rings. The average molecular weight is 434 g/mol. The first kappa shape index (κ1) is 20.5. The molecule has 6 nitrogen and oxygen atoms in total. The Balaban J connectivity index is 1.35. The highest BCUT2D eigenvalue weighted by Gasteiger charge is 2.28. The van der Waals surface area contributed by atoms with E-state index in [1.54, 1.807) is 17.0 Å². The molecule has 1 saturated heterocycles. The number of hydrogen-bond donors (Lipinski definition) is 1. The van der Waals surface area contributed by atoms with E-state index in [0.717, 1.165) is 23.6 Å². The van der Waals surface area contributed by atoms with Crippen molar-refractivity contribution in [3.8, 4) is 0 Å². The van der Waals surface area contributed by atoms with Crippen LogP contribution < -0.4 is 4.72 Å². The van der Waals surface area contributed by atoms with E-state index < -0.39 is 26.6 Å². The molecule has 2 heterocycles. The number of amides is 1. The summed E-state index contributed by atoms with van der Waals surface area (Å²) < 4.78 is 60.0. The quantitative estimate of drug-likeness (QED) is 0.666. The van der Waals surface area contributed by atoms with Gasteiger partial charge in [0, 0.05) is 25.0 Å². The number of benzene rings is 2. The molecule has 0 radical (unpaired) electrons. The van der Waals surface area contributed by atoms with Crippen LogP contribution in [0.25, 0.3) is 11.0 Å². The van der Waals surface area contributed by atoms with Crippen LogP contribution in [-0.2, 0) is 10.0 Å². The SMILES string of the molecule is O=C(c1cc2ccccc2o1)N1CCC(CNS(=O)(=O)c2c(F)cccc2F)CC1. The second-order valence-corrected chi connectivity index (χ2v) is 8.99. The molecule has 0 atom stereocenters. The molecule has 0 unspecified atom stereocenters.